The molecular formula is C10H13Cl2N3O. The van der Waals surface area contributed by atoms with E-state index in [0.717, 1.165) is 31.5 Å². The molecule has 1 aliphatic heterocycles. The maximum Gasteiger partial charge on any atom is 0.223 e. The Kier molecular flexibility index (Phi) is 3.97. The van der Waals surface area contributed by atoms with Gasteiger partial charge in [0.1, 0.15) is 5.15 Å². The van der Waals surface area contributed by atoms with Crippen molar-refractivity contribution in [2.45, 2.75) is 25.5 Å². The van der Waals surface area contributed by atoms with Crippen molar-refractivity contribution in [1.29, 1.82) is 0 Å². The van der Waals surface area contributed by atoms with Crippen LogP contribution in [0, 0.1) is 0 Å². The molecule has 0 bridgehead atoms. The summed E-state index contributed by atoms with van der Waals surface area (Å²) in [6, 6.07) is 0. The van der Waals surface area contributed by atoms with Gasteiger partial charge in [-0.15, -0.1) is 0 Å². The molecule has 0 amide bonds. The van der Waals surface area contributed by atoms with Crippen LogP contribution in [0.2, 0.25) is 10.4 Å². The lowest BCUT2D eigenvalue weighted by atomic mass is 10.1. The van der Waals surface area contributed by atoms with Crippen molar-refractivity contribution in [1.82, 2.24) is 14.9 Å². The average molecular weight is 262 g/mol. The number of rotatable bonds is 2. The minimum absolute atomic E-state index is 0.159. The molecule has 1 saturated heterocycles. The summed E-state index contributed by atoms with van der Waals surface area (Å²) in [6.07, 6.45) is 3.12. The molecule has 1 N–H and O–H groups in total. The van der Waals surface area contributed by atoms with E-state index in [1.165, 1.54) is 0 Å². The van der Waals surface area contributed by atoms with E-state index in [2.05, 4.69) is 14.9 Å². The fraction of sp³-hybridized carbons (Fsp3) is 0.600. The molecule has 0 atom stereocenters. The molecule has 0 aliphatic carbocycles. The zero-order valence-electron chi connectivity index (χ0n) is 8.74. The van der Waals surface area contributed by atoms with Crippen molar-refractivity contribution < 1.29 is 5.11 Å². The zero-order valence-corrected chi connectivity index (χ0v) is 10.2. The van der Waals surface area contributed by atoms with Crippen molar-refractivity contribution in [3.05, 3.63) is 22.2 Å². The van der Waals surface area contributed by atoms with E-state index < -0.39 is 0 Å². The first-order valence-electron chi connectivity index (χ1n) is 5.22. The van der Waals surface area contributed by atoms with Crippen molar-refractivity contribution in [3.8, 4) is 0 Å². The molecule has 1 fully saturated rings. The molecule has 0 spiro atoms. The summed E-state index contributed by atoms with van der Waals surface area (Å²) < 4.78 is 0. The van der Waals surface area contributed by atoms with Gasteiger partial charge in [-0.05, 0) is 24.4 Å². The van der Waals surface area contributed by atoms with Gasteiger partial charge < -0.3 is 5.11 Å². The fourth-order valence-electron chi connectivity index (χ4n) is 1.79. The van der Waals surface area contributed by atoms with Gasteiger partial charge in [0, 0.05) is 31.4 Å². The molecule has 6 heteroatoms. The molecule has 0 aromatic carbocycles. The molecule has 16 heavy (non-hydrogen) atoms. The summed E-state index contributed by atoms with van der Waals surface area (Å²) in [6.45, 7) is 2.46. The van der Waals surface area contributed by atoms with Crippen molar-refractivity contribution in [2.75, 3.05) is 13.1 Å². The summed E-state index contributed by atoms with van der Waals surface area (Å²) in [4.78, 5) is 10.0. The lowest BCUT2D eigenvalue weighted by Gasteiger charge is -2.29. The normalized spacial score (nSPS) is 18.9. The number of hydrogen-bond donors (Lipinski definition) is 1. The Morgan fingerprint density at radius 2 is 2.06 bits per heavy atom. The zero-order chi connectivity index (χ0) is 11.5. The highest BCUT2D eigenvalue weighted by molar-refractivity contribution is 6.32. The van der Waals surface area contributed by atoms with Gasteiger partial charge in [0.15, 0.2) is 0 Å². The molecule has 1 aliphatic rings. The Morgan fingerprint density at radius 1 is 1.38 bits per heavy atom. The topological polar surface area (TPSA) is 49.2 Å². The maximum absolute atomic E-state index is 9.39. The van der Waals surface area contributed by atoms with Crippen LogP contribution in [0.1, 0.15) is 18.4 Å². The van der Waals surface area contributed by atoms with Crippen LogP contribution in [0.5, 0.6) is 0 Å². The van der Waals surface area contributed by atoms with E-state index in [1.54, 1.807) is 6.20 Å². The number of piperidine rings is 1. The van der Waals surface area contributed by atoms with Crippen LogP contribution < -0.4 is 0 Å². The third-order valence-electron chi connectivity index (χ3n) is 2.73. The monoisotopic (exact) mass is 261 g/mol. The Hall–Kier alpha value is -0.420. The number of nitrogens with zero attached hydrogens (tertiary/aromatic N) is 3. The average Bonchev–Trinajstić information content (AvgIpc) is 2.25. The van der Waals surface area contributed by atoms with E-state index in [9.17, 15) is 5.11 Å². The van der Waals surface area contributed by atoms with Gasteiger partial charge in [-0.1, -0.05) is 11.6 Å². The number of aliphatic hydroxyl groups excluding tert-OH is 1. The number of halogens is 2. The van der Waals surface area contributed by atoms with E-state index in [4.69, 9.17) is 23.2 Å². The van der Waals surface area contributed by atoms with Crippen molar-refractivity contribution in [3.63, 3.8) is 0 Å². The van der Waals surface area contributed by atoms with Gasteiger partial charge in [-0.3, -0.25) is 4.90 Å². The highest BCUT2D eigenvalue weighted by Gasteiger charge is 2.18. The summed E-state index contributed by atoms with van der Waals surface area (Å²) in [7, 11) is 0. The minimum Gasteiger partial charge on any atom is -0.393 e. The third kappa shape index (κ3) is 3.04. The first-order chi connectivity index (χ1) is 7.65. The van der Waals surface area contributed by atoms with Crippen LogP contribution in [0.15, 0.2) is 6.20 Å². The second-order valence-electron chi connectivity index (χ2n) is 3.96. The van der Waals surface area contributed by atoms with Gasteiger partial charge in [-0.25, -0.2) is 9.97 Å². The Labute approximate surface area is 104 Å². The lowest BCUT2D eigenvalue weighted by molar-refractivity contribution is 0.0792. The molecule has 0 radical (unpaired) electrons. The molecule has 4 nitrogen and oxygen atoms in total. The van der Waals surface area contributed by atoms with Crippen LogP contribution in [-0.2, 0) is 6.54 Å². The Balaban J connectivity index is 1.98. The van der Waals surface area contributed by atoms with Gasteiger partial charge in [0.2, 0.25) is 5.28 Å². The van der Waals surface area contributed by atoms with Crippen LogP contribution in [0.3, 0.4) is 0 Å². The van der Waals surface area contributed by atoms with E-state index in [1.807, 2.05) is 0 Å². The number of aromatic nitrogens is 2. The van der Waals surface area contributed by atoms with Gasteiger partial charge in [-0.2, -0.15) is 0 Å². The summed E-state index contributed by atoms with van der Waals surface area (Å²) in [5.41, 5.74) is 0.877. The van der Waals surface area contributed by atoms with E-state index in [-0.39, 0.29) is 11.4 Å². The van der Waals surface area contributed by atoms with Crippen molar-refractivity contribution >= 4 is 23.2 Å². The SMILES string of the molecule is OC1CCN(Cc2cnc(Cl)nc2Cl)CC1. The summed E-state index contributed by atoms with van der Waals surface area (Å²) in [5.74, 6) is 0. The molecule has 0 saturated carbocycles. The quantitative estimate of drug-likeness (QED) is 0.651. The minimum atomic E-state index is -0.159. The smallest absolute Gasteiger partial charge is 0.223 e. The first kappa shape index (κ1) is 12.0. The molecule has 2 heterocycles. The molecule has 88 valence electrons. The van der Waals surface area contributed by atoms with Gasteiger partial charge in [0.25, 0.3) is 0 Å². The van der Waals surface area contributed by atoms with Gasteiger partial charge in [0.05, 0.1) is 6.10 Å². The number of aliphatic hydroxyl groups is 1. The molecule has 1 aromatic heterocycles. The van der Waals surface area contributed by atoms with Crippen LogP contribution in [-0.4, -0.2) is 39.2 Å². The standard InChI is InChI=1S/C10H13Cl2N3O/c11-9-7(5-13-10(12)14-9)6-15-3-1-8(16)2-4-15/h5,8,16H,1-4,6H2. The van der Waals surface area contributed by atoms with Crippen LogP contribution in [0.4, 0.5) is 0 Å². The highest BCUT2D eigenvalue weighted by atomic mass is 35.5. The summed E-state index contributed by atoms with van der Waals surface area (Å²) >= 11 is 11.6. The summed E-state index contributed by atoms with van der Waals surface area (Å²) in [5, 5.41) is 9.97. The van der Waals surface area contributed by atoms with E-state index >= 15 is 0 Å². The number of likely N-dealkylation sites (tertiary alicyclic amines) is 1. The molecule has 2 rings (SSSR count). The molecule has 0 unspecified atom stereocenters. The maximum atomic E-state index is 9.39. The lowest BCUT2D eigenvalue weighted by Crippen LogP contribution is -2.35. The van der Waals surface area contributed by atoms with Crippen LogP contribution >= 0.6 is 23.2 Å². The first-order valence-corrected chi connectivity index (χ1v) is 5.98. The van der Waals surface area contributed by atoms with Gasteiger partial charge >= 0.3 is 0 Å². The number of hydrogen-bond acceptors (Lipinski definition) is 4. The predicted molar refractivity (Wildman–Crippen MR) is 62.6 cm³/mol. The second-order valence-corrected chi connectivity index (χ2v) is 4.66. The van der Waals surface area contributed by atoms with Crippen molar-refractivity contribution in [2.24, 2.45) is 0 Å². The predicted octanol–water partition coefficient (Wildman–Crippen LogP) is 1.74. The molecular weight excluding hydrogens is 249 g/mol. The van der Waals surface area contributed by atoms with E-state index in [0.29, 0.717) is 11.7 Å². The fourth-order valence-corrected chi connectivity index (χ4v) is 2.16. The highest BCUT2D eigenvalue weighted by Crippen LogP contribution is 2.18. The third-order valence-corrected chi connectivity index (χ3v) is 3.24. The molecule has 1 aromatic rings. The second kappa shape index (κ2) is 5.27. The largest absolute Gasteiger partial charge is 0.393 e. The Morgan fingerprint density at radius 3 is 2.69 bits per heavy atom. The Bertz CT molecular complexity index is 367. The van der Waals surface area contributed by atoms with Crippen LogP contribution in [0.25, 0.3) is 0 Å².